The van der Waals surface area contributed by atoms with Crippen LogP contribution in [0.1, 0.15) is 58.1 Å². The minimum atomic E-state index is -0.520. The van der Waals surface area contributed by atoms with Crippen LogP contribution in [0, 0.1) is 5.92 Å². The number of rotatable bonds is 6. The number of ether oxygens (including phenoxy) is 1. The average Bonchev–Trinajstić information content (AvgIpc) is 2.82. The standard InChI is InChI=1S/C18H25NO3/c1-4-5-7-10-13(2)17(20)19-14(3)16(22-18(19)21)15-11-8-6-9-12-15/h6,8-9,11-14,16H,4-5,7,10H2,1-3H3/t13-,14-,16-/m1/s1. The van der Waals surface area contributed by atoms with Gasteiger partial charge in [0.25, 0.3) is 0 Å². The van der Waals surface area contributed by atoms with E-state index in [4.69, 9.17) is 4.74 Å². The van der Waals surface area contributed by atoms with Gasteiger partial charge >= 0.3 is 6.09 Å². The number of unbranched alkanes of at least 4 members (excludes halogenated alkanes) is 2. The first-order chi connectivity index (χ1) is 10.6. The molecule has 0 radical (unpaired) electrons. The maximum Gasteiger partial charge on any atom is 0.417 e. The summed E-state index contributed by atoms with van der Waals surface area (Å²) >= 11 is 0. The Morgan fingerprint density at radius 1 is 1.27 bits per heavy atom. The molecule has 4 heteroatoms. The molecule has 2 rings (SSSR count). The summed E-state index contributed by atoms with van der Waals surface area (Å²) in [6.07, 6.45) is 3.18. The zero-order chi connectivity index (χ0) is 16.1. The van der Waals surface area contributed by atoms with Gasteiger partial charge in [-0.1, -0.05) is 63.4 Å². The molecule has 0 spiro atoms. The Morgan fingerprint density at radius 3 is 2.59 bits per heavy atom. The van der Waals surface area contributed by atoms with Crippen molar-refractivity contribution in [1.29, 1.82) is 0 Å². The fourth-order valence-corrected chi connectivity index (χ4v) is 2.91. The lowest BCUT2D eigenvalue weighted by Crippen LogP contribution is -2.40. The lowest BCUT2D eigenvalue weighted by molar-refractivity contribution is -0.133. The van der Waals surface area contributed by atoms with Gasteiger partial charge in [-0.2, -0.15) is 0 Å². The van der Waals surface area contributed by atoms with Crippen LogP contribution in [-0.2, 0) is 9.53 Å². The molecule has 1 heterocycles. The van der Waals surface area contributed by atoms with E-state index in [-0.39, 0.29) is 24.0 Å². The molecule has 0 unspecified atom stereocenters. The van der Waals surface area contributed by atoms with E-state index in [2.05, 4.69) is 6.92 Å². The van der Waals surface area contributed by atoms with E-state index in [1.807, 2.05) is 44.2 Å². The molecule has 120 valence electrons. The van der Waals surface area contributed by atoms with E-state index in [0.29, 0.717) is 0 Å². The van der Waals surface area contributed by atoms with Gasteiger partial charge in [-0.15, -0.1) is 0 Å². The van der Waals surface area contributed by atoms with Crippen LogP contribution in [0.15, 0.2) is 30.3 Å². The van der Waals surface area contributed by atoms with Crippen LogP contribution in [0.25, 0.3) is 0 Å². The van der Waals surface area contributed by atoms with Crippen molar-refractivity contribution in [1.82, 2.24) is 4.90 Å². The summed E-state index contributed by atoms with van der Waals surface area (Å²) in [5.41, 5.74) is 0.928. The number of imide groups is 1. The van der Waals surface area contributed by atoms with Crippen molar-refractivity contribution in [3.05, 3.63) is 35.9 Å². The largest absolute Gasteiger partial charge is 0.439 e. The number of benzene rings is 1. The van der Waals surface area contributed by atoms with Gasteiger partial charge in [0.05, 0.1) is 6.04 Å². The van der Waals surface area contributed by atoms with Crippen molar-refractivity contribution >= 4 is 12.0 Å². The SMILES string of the molecule is CCCCC[C@@H](C)C(=O)N1C(=O)O[C@@H](c2ccccc2)[C@H]1C. The Bertz CT molecular complexity index is 514. The fourth-order valence-electron chi connectivity index (χ4n) is 2.91. The van der Waals surface area contributed by atoms with Crippen molar-refractivity contribution in [3.8, 4) is 0 Å². The van der Waals surface area contributed by atoms with E-state index in [9.17, 15) is 9.59 Å². The third kappa shape index (κ3) is 3.49. The van der Waals surface area contributed by atoms with Crippen LogP contribution < -0.4 is 0 Å². The van der Waals surface area contributed by atoms with Crippen LogP contribution in [0.5, 0.6) is 0 Å². The Labute approximate surface area is 132 Å². The van der Waals surface area contributed by atoms with Crippen molar-refractivity contribution in [2.24, 2.45) is 5.92 Å². The number of nitrogens with zero attached hydrogens (tertiary/aromatic N) is 1. The lowest BCUT2D eigenvalue weighted by atomic mass is 9.99. The van der Waals surface area contributed by atoms with Gasteiger partial charge in [-0.05, 0) is 18.9 Å². The van der Waals surface area contributed by atoms with Crippen LogP contribution in [0.2, 0.25) is 0 Å². The first kappa shape index (κ1) is 16.5. The first-order valence-corrected chi connectivity index (χ1v) is 8.14. The monoisotopic (exact) mass is 303 g/mol. The summed E-state index contributed by atoms with van der Waals surface area (Å²) in [5, 5.41) is 0. The quantitative estimate of drug-likeness (QED) is 0.736. The van der Waals surface area contributed by atoms with Gasteiger partial charge in [0.1, 0.15) is 6.10 Å². The molecule has 4 nitrogen and oxygen atoms in total. The number of cyclic esters (lactones) is 1. The average molecular weight is 303 g/mol. The summed E-state index contributed by atoms with van der Waals surface area (Å²) in [6, 6.07) is 9.32. The summed E-state index contributed by atoms with van der Waals surface area (Å²) in [5.74, 6) is -0.261. The molecule has 1 saturated heterocycles. The Hall–Kier alpha value is -1.84. The molecular formula is C18H25NO3. The van der Waals surface area contributed by atoms with Crippen LogP contribution in [0.4, 0.5) is 4.79 Å². The number of amides is 2. The van der Waals surface area contributed by atoms with E-state index in [1.165, 1.54) is 4.90 Å². The Kier molecular flexibility index (Phi) is 5.58. The maximum atomic E-state index is 12.6. The minimum absolute atomic E-state index is 0.118. The summed E-state index contributed by atoms with van der Waals surface area (Å²) < 4.78 is 5.44. The van der Waals surface area contributed by atoms with Crippen LogP contribution in [0.3, 0.4) is 0 Å². The Balaban J connectivity index is 2.05. The minimum Gasteiger partial charge on any atom is -0.439 e. The zero-order valence-electron chi connectivity index (χ0n) is 13.6. The number of hydrogen-bond acceptors (Lipinski definition) is 3. The van der Waals surface area contributed by atoms with E-state index in [0.717, 1.165) is 31.2 Å². The lowest BCUT2D eigenvalue weighted by Gasteiger charge is -2.22. The van der Waals surface area contributed by atoms with Gasteiger partial charge in [-0.25, -0.2) is 9.69 Å². The molecular weight excluding hydrogens is 278 g/mol. The molecule has 1 aliphatic rings. The van der Waals surface area contributed by atoms with E-state index in [1.54, 1.807) is 0 Å². The van der Waals surface area contributed by atoms with Crippen molar-refractivity contribution in [2.45, 2.75) is 58.6 Å². The molecule has 22 heavy (non-hydrogen) atoms. The summed E-state index contributed by atoms with van der Waals surface area (Å²) in [6.45, 7) is 5.91. The molecule has 0 bridgehead atoms. The van der Waals surface area contributed by atoms with Gasteiger partial charge in [0.15, 0.2) is 0 Å². The van der Waals surface area contributed by atoms with Crippen molar-refractivity contribution in [3.63, 3.8) is 0 Å². The molecule has 0 N–H and O–H groups in total. The smallest absolute Gasteiger partial charge is 0.417 e. The van der Waals surface area contributed by atoms with E-state index >= 15 is 0 Å². The highest BCUT2D eigenvalue weighted by Gasteiger charge is 2.44. The van der Waals surface area contributed by atoms with Crippen molar-refractivity contribution in [2.75, 3.05) is 0 Å². The molecule has 0 aliphatic carbocycles. The number of hydrogen-bond donors (Lipinski definition) is 0. The highest BCUT2D eigenvalue weighted by Crippen LogP contribution is 2.33. The van der Waals surface area contributed by atoms with Crippen LogP contribution >= 0.6 is 0 Å². The molecule has 0 aromatic heterocycles. The normalized spacial score (nSPS) is 22.5. The third-order valence-corrected chi connectivity index (χ3v) is 4.30. The zero-order valence-corrected chi connectivity index (χ0v) is 13.6. The predicted octanol–water partition coefficient (Wildman–Crippen LogP) is 4.31. The van der Waals surface area contributed by atoms with Gasteiger partial charge in [0, 0.05) is 5.92 Å². The molecule has 1 aromatic rings. The molecule has 3 atom stereocenters. The molecule has 0 saturated carbocycles. The first-order valence-electron chi connectivity index (χ1n) is 8.14. The predicted molar refractivity (Wildman–Crippen MR) is 85.3 cm³/mol. The maximum absolute atomic E-state index is 12.6. The van der Waals surface area contributed by atoms with Gasteiger partial charge in [-0.3, -0.25) is 4.79 Å². The van der Waals surface area contributed by atoms with Gasteiger partial charge in [0.2, 0.25) is 5.91 Å². The fraction of sp³-hybridized carbons (Fsp3) is 0.556. The highest BCUT2D eigenvalue weighted by molar-refractivity contribution is 5.94. The van der Waals surface area contributed by atoms with Gasteiger partial charge < -0.3 is 4.74 Å². The van der Waals surface area contributed by atoms with Crippen molar-refractivity contribution < 1.29 is 14.3 Å². The molecule has 1 aromatic carbocycles. The second kappa shape index (κ2) is 7.43. The molecule has 2 amide bonds. The second-order valence-electron chi connectivity index (χ2n) is 6.06. The van der Waals surface area contributed by atoms with Crippen LogP contribution in [-0.4, -0.2) is 22.9 Å². The number of carbonyl (C=O) groups is 2. The second-order valence-corrected chi connectivity index (χ2v) is 6.06. The summed E-state index contributed by atoms with van der Waals surface area (Å²) in [7, 11) is 0. The topological polar surface area (TPSA) is 46.6 Å². The third-order valence-electron chi connectivity index (χ3n) is 4.30. The molecule has 1 aliphatic heterocycles. The summed E-state index contributed by atoms with van der Waals surface area (Å²) in [4.78, 5) is 26.0. The highest BCUT2D eigenvalue weighted by atomic mass is 16.6. The molecule has 1 fully saturated rings. The van der Waals surface area contributed by atoms with E-state index < -0.39 is 6.09 Å². The Morgan fingerprint density at radius 2 is 1.95 bits per heavy atom. The number of carbonyl (C=O) groups excluding carboxylic acids is 2.